The van der Waals surface area contributed by atoms with E-state index in [2.05, 4.69) is 4.90 Å². The number of halogens is 3. The zero-order valence-electron chi connectivity index (χ0n) is 17.5. The van der Waals surface area contributed by atoms with Crippen LogP contribution in [0.2, 0.25) is 0 Å². The van der Waals surface area contributed by atoms with Crippen molar-refractivity contribution < 1.29 is 26.7 Å². The molecule has 4 rings (SSSR count). The van der Waals surface area contributed by atoms with Crippen LogP contribution in [0.25, 0.3) is 0 Å². The standard InChI is InChI=1S/C22H25F3N2O3S/c1-21-9-10-26(2)19(11-14-7-8-16(28)13-18(14)21)20(21)27(3)31(29,30)17-6-4-5-15(12-17)22(23,24)25/h4-8,12-13,19-20,28H,9-11H2,1-3H3/t19-,20-,21+/m1/s1. The van der Waals surface area contributed by atoms with Crippen LogP contribution in [0.4, 0.5) is 13.2 Å². The molecule has 2 bridgehead atoms. The average molecular weight is 455 g/mol. The molecule has 9 heteroatoms. The molecular formula is C22H25F3N2O3S. The lowest BCUT2D eigenvalue weighted by molar-refractivity contribution is -0.137. The third kappa shape index (κ3) is 3.52. The monoisotopic (exact) mass is 454 g/mol. The second kappa shape index (κ2) is 7.21. The highest BCUT2D eigenvalue weighted by atomic mass is 32.2. The summed E-state index contributed by atoms with van der Waals surface area (Å²) in [4.78, 5) is 1.73. The van der Waals surface area contributed by atoms with Gasteiger partial charge in [-0.2, -0.15) is 17.5 Å². The minimum absolute atomic E-state index is 0.111. The molecule has 2 aromatic carbocycles. The molecule has 0 saturated carbocycles. The minimum atomic E-state index is -4.63. The Morgan fingerprint density at radius 3 is 2.58 bits per heavy atom. The molecule has 0 unspecified atom stereocenters. The van der Waals surface area contributed by atoms with Crippen molar-refractivity contribution in [3.8, 4) is 5.75 Å². The van der Waals surface area contributed by atoms with Crippen molar-refractivity contribution in [1.82, 2.24) is 9.21 Å². The number of phenols is 1. The number of piperidine rings is 1. The Kier molecular flexibility index (Phi) is 5.14. The molecule has 0 amide bonds. The van der Waals surface area contributed by atoms with Crippen LogP contribution in [-0.2, 0) is 28.0 Å². The topological polar surface area (TPSA) is 60.9 Å². The van der Waals surface area contributed by atoms with E-state index in [1.54, 1.807) is 12.1 Å². The zero-order chi connectivity index (χ0) is 22.8. The summed E-state index contributed by atoms with van der Waals surface area (Å²) in [5, 5.41) is 10.1. The molecule has 1 heterocycles. The first-order valence-corrected chi connectivity index (χ1v) is 11.5. The summed E-state index contributed by atoms with van der Waals surface area (Å²) in [6.07, 6.45) is -3.38. The first-order chi connectivity index (χ1) is 14.4. The molecule has 2 aromatic rings. The van der Waals surface area contributed by atoms with Crippen LogP contribution in [0.3, 0.4) is 0 Å². The molecule has 1 aliphatic heterocycles. The van der Waals surface area contributed by atoms with Gasteiger partial charge in [0.2, 0.25) is 10.0 Å². The lowest BCUT2D eigenvalue weighted by atomic mass is 9.61. The molecule has 5 nitrogen and oxygen atoms in total. The number of likely N-dealkylation sites (N-methyl/N-ethyl adjacent to an activating group) is 2. The summed E-state index contributed by atoms with van der Waals surface area (Å²) in [6.45, 7) is 2.73. The quantitative estimate of drug-likeness (QED) is 0.770. The fourth-order valence-corrected chi connectivity index (χ4v) is 6.77. The van der Waals surface area contributed by atoms with Crippen LogP contribution in [0.5, 0.6) is 5.75 Å². The molecule has 1 N–H and O–H groups in total. The SMILES string of the molecule is CN1CC[C@@]2(C)c3cc(O)ccc3C[C@@H]1[C@H]2N(C)S(=O)(=O)c1cccc(C(F)(F)F)c1. The van der Waals surface area contributed by atoms with E-state index in [1.807, 2.05) is 20.0 Å². The van der Waals surface area contributed by atoms with E-state index in [0.717, 1.165) is 29.8 Å². The Balaban J connectivity index is 1.81. The second-order valence-corrected chi connectivity index (χ2v) is 10.8. The summed E-state index contributed by atoms with van der Waals surface area (Å²) < 4.78 is 67.7. The van der Waals surface area contributed by atoms with Crippen molar-refractivity contribution >= 4 is 10.0 Å². The van der Waals surface area contributed by atoms with Gasteiger partial charge in [-0.1, -0.05) is 19.1 Å². The molecular weight excluding hydrogens is 429 g/mol. The van der Waals surface area contributed by atoms with Crippen LogP contribution in [0, 0.1) is 0 Å². The van der Waals surface area contributed by atoms with Crippen molar-refractivity contribution in [1.29, 1.82) is 0 Å². The number of likely N-dealkylation sites (tertiary alicyclic amines) is 1. The van der Waals surface area contributed by atoms with Gasteiger partial charge in [0, 0.05) is 18.5 Å². The highest BCUT2D eigenvalue weighted by Crippen LogP contribution is 2.48. The van der Waals surface area contributed by atoms with E-state index < -0.39 is 33.2 Å². The van der Waals surface area contributed by atoms with Gasteiger partial charge in [-0.05, 0) is 67.9 Å². The molecule has 168 valence electrons. The number of phenolic OH excluding ortho intramolecular Hbond substituents is 1. The van der Waals surface area contributed by atoms with Crippen LogP contribution in [0.1, 0.15) is 30.0 Å². The smallest absolute Gasteiger partial charge is 0.416 e. The Morgan fingerprint density at radius 2 is 1.90 bits per heavy atom. The van der Waals surface area contributed by atoms with E-state index in [0.29, 0.717) is 18.9 Å². The molecule has 0 aromatic heterocycles. The number of nitrogens with zero attached hydrogens (tertiary/aromatic N) is 2. The lowest BCUT2D eigenvalue weighted by Gasteiger charge is -2.56. The number of rotatable bonds is 3. The normalized spacial score (nSPS) is 26.7. The van der Waals surface area contributed by atoms with Gasteiger partial charge in [0.15, 0.2) is 0 Å². The van der Waals surface area contributed by atoms with Crippen LogP contribution in [0.15, 0.2) is 47.4 Å². The number of sulfonamides is 1. The highest BCUT2D eigenvalue weighted by molar-refractivity contribution is 7.89. The fourth-order valence-electron chi connectivity index (χ4n) is 5.24. The fraction of sp³-hybridized carbons (Fsp3) is 0.455. The molecule has 2 aliphatic rings. The first kappa shape index (κ1) is 22.1. The molecule has 1 aliphatic carbocycles. The van der Waals surface area contributed by atoms with Crippen LogP contribution < -0.4 is 0 Å². The zero-order valence-corrected chi connectivity index (χ0v) is 18.3. The van der Waals surface area contributed by atoms with Crippen LogP contribution >= 0.6 is 0 Å². The van der Waals surface area contributed by atoms with Gasteiger partial charge < -0.3 is 10.0 Å². The van der Waals surface area contributed by atoms with E-state index in [-0.39, 0.29) is 16.7 Å². The largest absolute Gasteiger partial charge is 0.508 e. The number of hydrogen-bond donors (Lipinski definition) is 1. The minimum Gasteiger partial charge on any atom is -0.508 e. The summed E-state index contributed by atoms with van der Waals surface area (Å²) in [7, 11) is -0.813. The summed E-state index contributed by atoms with van der Waals surface area (Å²) in [5.41, 5.74) is 0.364. The predicted molar refractivity (Wildman–Crippen MR) is 110 cm³/mol. The third-order valence-corrected chi connectivity index (χ3v) is 8.77. The van der Waals surface area contributed by atoms with E-state index in [4.69, 9.17) is 0 Å². The maximum Gasteiger partial charge on any atom is 0.416 e. The predicted octanol–water partition coefficient (Wildman–Crippen LogP) is 3.62. The number of benzene rings is 2. The van der Waals surface area contributed by atoms with E-state index in [9.17, 15) is 26.7 Å². The van der Waals surface area contributed by atoms with Gasteiger partial charge in [0.1, 0.15) is 5.75 Å². The van der Waals surface area contributed by atoms with Gasteiger partial charge in [-0.15, -0.1) is 0 Å². The van der Waals surface area contributed by atoms with Gasteiger partial charge in [-0.25, -0.2) is 8.42 Å². The molecule has 1 saturated heterocycles. The number of hydrogen-bond acceptors (Lipinski definition) is 4. The Labute approximate surface area is 180 Å². The maximum absolute atomic E-state index is 13.5. The second-order valence-electron chi connectivity index (χ2n) is 8.75. The number of aromatic hydroxyl groups is 1. The Morgan fingerprint density at radius 1 is 1.19 bits per heavy atom. The van der Waals surface area contributed by atoms with Gasteiger partial charge >= 0.3 is 6.18 Å². The molecule has 0 spiro atoms. The van der Waals surface area contributed by atoms with Crippen molar-refractivity contribution in [3.05, 3.63) is 59.2 Å². The number of fused-ring (bicyclic) bond motifs is 4. The molecule has 1 fully saturated rings. The van der Waals surface area contributed by atoms with E-state index >= 15 is 0 Å². The Bertz CT molecular complexity index is 1120. The summed E-state index contributed by atoms with van der Waals surface area (Å²) >= 11 is 0. The van der Waals surface area contributed by atoms with Gasteiger partial charge in [0.05, 0.1) is 16.5 Å². The van der Waals surface area contributed by atoms with Crippen LogP contribution in [-0.4, -0.2) is 55.5 Å². The van der Waals surface area contributed by atoms with Crippen molar-refractivity contribution in [2.75, 3.05) is 20.6 Å². The highest BCUT2D eigenvalue weighted by Gasteiger charge is 2.54. The van der Waals surface area contributed by atoms with Crippen molar-refractivity contribution in [2.45, 2.75) is 48.3 Å². The average Bonchev–Trinajstić information content (AvgIpc) is 2.70. The maximum atomic E-state index is 13.5. The third-order valence-electron chi connectivity index (χ3n) is 6.94. The molecule has 0 radical (unpaired) electrons. The lowest BCUT2D eigenvalue weighted by Crippen LogP contribution is -2.67. The molecule has 31 heavy (non-hydrogen) atoms. The van der Waals surface area contributed by atoms with Gasteiger partial charge in [0.25, 0.3) is 0 Å². The summed E-state index contributed by atoms with van der Waals surface area (Å²) in [5.74, 6) is 0.111. The van der Waals surface area contributed by atoms with E-state index in [1.165, 1.54) is 17.4 Å². The van der Waals surface area contributed by atoms with Crippen molar-refractivity contribution in [3.63, 3.8) is 0 Å². The Hall–Kier alpha value is -2.10. The molecule has 3 atom stereocenters. The summed E-state index contributed by atoms with van der Waals surface area (Å²) in [6, 6.07) is 8.42. The van der Waals surface area contributed by atoms with Crippen molar-refractivity contribution in [2.24, 2.45) is 0 Å². The number of alkyl halides is 3. The van der Waals surface area contributed by atoms with Gasteiger partial charge in [-0.3, -0.25) is 0 Å². The first-order valence-electron chi connectivity index (χ1n) is 10.0.